The van der Waals surface area contributed by atoms with Crippen molar-refractivity contribution < 1.29 is 17.9 Å². The van der Waals surface area contributed by atoms with Crippen LogP contribution in [-0.4, -0.2) is 41.3 Å². The number of hydrogen-bond donors (Lipinski definition) is 3. The average molecular weight is 374 g/mol. The Morgan fingerprint density at radius 1 is 1.46 bits per heavy atom. The Kier molecular flexibility index (Phi) is 6.65. The van der Waals surface area contributed by atoms with Crippen LogP contribution in [0.15, 0.2) is 18.1 Å². The average Bonchev–Trinajstić information content (AvgIpc) is 3.09. The van der Waals surface area contributed by atoms with Crippen LogP contribution in [0.1, 0.15) is 38.2 Å². The summed E-state index contributed by atoms with van der Waals surface area (Å²) in [6, 6.07) is 0.157. The molecule has 146 valence electrons. The molecule has 7 nitrogen and oxygen atoms in total. The lowest BCUT2D eigenvalue weighted by Gasteiger charge is -2.23. The van der Waals surface area contributed by atoms with Gasteiger partial charge in [0.2, 0.25) is 5.95 Å². The summed E-state index contributed by atoms with van der Waals surface area (Å²) in [6.07, 6.45) is 1.48. The molecule has 0 aliphatic heterocycles. The third kappa shape index (κ3) is 4.98. The van der Waals surface area contributed by atoms with Gasteiger partial charge in [-0.3, -0.25) is 0 Å². The smallest absolute Gasteiger partial charge is 0.381 e. The van der Waals surface area contributed by atoms with Gasteiger partial charge in [-0.25, -0.2) is 10.8 Å². The molecule has 2 atom stereocenters. The van der Waals surface area contributed by atoms with E-state index in [4.69, 9.17) is 10.6 Å². The quantitative estimate of drug-likeness (QED) is 0.499. The molecule has 4 N–H and O–H groups in total. The monoisotopic (exact) mass is 374 g/mol. The van der Waals surface area contributed by atoms with Crippen molar-refractivity contribution in [2.45, 2.75) is 50.9 Å². The molecule has 1 aliphatic carbocycles. The van der Waals surface area contributed by atoms with Gasteiger partial charge in [0.25, 0.3) is 0 Å². The second kappa shape index (κ2) is 8.54. The predicted molar refractivity (Wildman–Crippen MR) is 93.0 cm³/mol. The van der Waals surface area contributed by atoms with E-state index in [9.17, 15) is 13.2 Å². The lowest BCUT2D eigenvalue weighted by molar-refractivity contribution is -0.137. The van der Waals surface area contributed by atoms with Crippen LogP contribution >= 0.6 is 0 Å². The van der Waals surface area contributed by atoms with Gasteiger partial charge in [0.15, 0.2) is 0 Å². The van der Waals surface area contributed by atoms with E-state index >= 15 is 0 Å². The Hall–Kier alpha value is -2.07. The molecule has 2 rings (SSSR count). The molecule has 0 aromatic carbocycles. The van der Waals surface area contributed by atoms with Crippen molar-refractivity contribution in [3.05, 3.63) is 23.7 Å². The van der Waals surface area contributed by atoms with Gasteiger partial charge in [-0.15, -0.1) is 0 Å². The number of ether oxygens (including phenoxy) is 1. The summed E-state index contributed by atoms with van der Waals surface area (Å²) in [5.74, 6) is 5.91. The summed E-state index contributed by atoms with van der Waals surface area (Å²) < 4.78 is 44.1. The van der Waals surface area contributed by atoms with Crippen LogP contribution in [0.5, 0.6) is 0 Å². The number of nitrogens with two attached hydrogens (primary N) is 1. The van der Waals surface area contributed by atoms with Crippen LogP contribution in [-0.2, 0) is 10.9 Å². The largest absolute Gasteiger partial charge is 0.421 e. The first-order valence-corrected chi connectivity index (χ1v) is 8.44. The second-order valence-corrected chi connectivity index (χ2v) is 6.11. The number of rotatable bonds is 7. The van der Waals surface area contributed by atoms with Crippen LogP contribution in [0.3, 0.4) is 0 Å². The van der Waals surface area contributed by atoms with Crippen molar-refractivity contribution in [3.8, 4) is 0 Å². The summed E-state index contributed by atoms with van der Waals surface area (Å²) in [6.45, 7) is 1.91. The number of allylic oxidation sites excluding steroid dienone is 1. The van der Waals surface area contributed by atoms with E-state index < -0.39 is 11.7 Å². The third-order valence-electron chi connectivity index (χ3n) is 4.40. The molecule has 1 aliphatic rings. The number of anilines is 2. The minimum atomic E-state index is -4.52. The number of hydrazine groups is 1. The number of nitrogens with one attached hydrogen (secondary N) is 2. The topological polar surface area (TPSA) is 88.3 Å². The molecule has 10 heteroatoms. The van der Waals surface area contributed by atoms with E-state index in [-0.39, 0.29) is 23.9 Å². The van der Waals surface area contributed by atoms with Crippen molar-refractivity contribution in [2.75, 3.05) is 24.8 Å². The minimum Gasteiger partial charge on any atom is -0.381 e. The number of alkyl halides is 3. The summed E-state index contributed by atoms with van der Waals surface area (Å²) in [5, 5.41) is 7.01. The van der Waals surface area contributed by atoms with Crippen molar-refractivity contribution >= 4 is 11.8 Å². The molecular weight excluding hydrogens is 349 g/mol. The maximum atomic E-state index is 12.9. The molecule has 0 saturated heterocycles. The molecule has 0 spiro atoms. The Bertz CT molecular complexity index is 637. The molecule has 1 aromatic rings. The highest BCUT2D eigenvalue weighted by molar-refractivity contribution is 5.49. The zero-order valence-electron chi connectivity index (χ0n) is 15.1. The van der Waals surface area contributed by atoms with Crippen LogP contribution < -0.4 is 16.5 Å². The van der Waals surface area contributed by atoms with E-state index in [1.165, 1.54) is 7.05 Å². The normalized spacial score (nSPS) is 21.0. The lowest BCUT2D eigenvalue weighted by atomic mass is 10.2. The number of aromatic nitrogens is 2. The maximum Gasteiger partial charge on any atom is 0.421 e. The Balaban J connectivity index is 2.12. The fourth-order valence-electron chi connectivity index (χ4n) is 2.88. The Morgan fingerprint density at radius 2 is 2.19 bits per heavy atom. The lowest BCUT2D eigenvalue weighted by Crippen LogP contribution is -2.36. The molecule has 0 amide bonds. The van der Waals surface area contributed by atoms with Gasteiger partial charge in [-0.05, 0) is 25.7 Å². The number of halogens is 3. The van der Waals surface area contributed by atoms with Gasteiger partial charge >= 0.3 is 6.18 Å². The molecule has 1 heterocycles. The van der Waals surface area contributed by atoms with Crippen molar-refractivity contribution in [1.29, 1.82) is 0 Å². The molecule has 1 fully saturated rings. The number of methoxy groups -OCH3 is 1. The number of hydrogen-bond acceptors (Lipinski definition) is 7. The predicted octanol–water partition coefficient (Wildman–Crippen LogP) is 2.94. The highest BCUT2D eigenvalue weighted by Gasteiger charge is 2.35. The molecular formula is C16H25F3N6O. The van der Waals surface area contributed by atoms with E-state index in [2.05, 4.69) is 20.6 Å². The van der Waals surface area contributed by atoms with Gasteiger partial charge in [0, 0.05) is 38.3 Å². The van der Waals surface area contributed by atoms with Crippen molar-refractivity contribution in [1.82, 2.24) is 15.0 Å². The molecule has 1 aromatic heterocycles. The first-order valence-electron chi connectivity index (χ1n) is 8.44. The van der Waals surface area contributed by atoms with E-state index in [0.717, 1.165) is 25.5 Å². The van der Waals surface area contributed by atoms with Crippen molar-refractivity contribution in [2.24, 2.45) is 5.84 Å². The summed E-state index contributed by atoms with van der Waals surface area (Å²) >= 11 is 0. The van der Waals surface area contributed by atoms with Gasteiger partial charge in [0.1, 0.15) is 11.4 Å². The highest BCUT2D eigenvalue weighted by Crippen LogP contribution is 2.33. The van der Waals surface area contributed by atoms with Crippen LogP contribution in [0.4, 0.5) is 24.9 Å². The summed E-state index contributed by atoms with van der Waals surface area (Å²) in [7, 11) is 3.07. The minimum absolute atomic E-state index is 0.0741. The van der Waals surface area contributed by atoms with Crippen LogP contribution in [0.2, 0.25) is 0 Å². The highest BCUT2D eigenvalue weighted by atomic mass is 19.4. The van der Waals surface area contributed by atoms with E-state index in [1.807, 2.05) is 6.92 Å². The standard InChI is InChI=1S/C16H25F3N6O/c1-4-10(9-25(20)11-5-6-12(7-11)26-3)23-15-22-8-13(16(17,18)19)14(21-2)24-15/h8-9,11-12H,4-7,20H2,1-3H3,(H2,21,22,23,24)/b10-9+. The molecule has 1 saturated carbocycles. The summed E-state index contributed by atoms with van der Waals surface area (Å²) in [4.78, 5) is 7.67. The van der Waals surface area contributed by atoms with E-state index in [0.29, 0.717) is 12.1 Å². The van der Waals surface area contributed by atoms with Gasteiger partial charge < -0.3 is 20.4 Å². The fourth-order valence-corrected chi connectivity index (χ4v) is 2.88. The Labute approximate surface area is 150 Å². The Morgan fingerprint density at radius 3 is 2.73 bits per heavy atom. The van der Waals surface area contributed by atoms with Crippen LogP contribution in [0, 0.1) is 0 Å². The SMILES string of the molecule is CC/C(=C\N(N)C1CCC(OC)C1)Nc1ncc(C(F)(F)F)c(NC)n1. The zero-order valence-corrected chi connectivity index (χ0v) is 15.1. The molecule has 0 radical (unpaired) electrons. The molecule has 2 unspecified atom stereocenters. The zero-order chi connectivity index (χ0) is 19.3. The van der Waals surface area contributed by atoms with E-state index in [1.54, 1.807) is 18.3 Å². The second-order valence-electron chi connectivity index (χ2n) is 6.11. The maximum absolute atomic E-state index is 12.9. The number of nitrogens with zero attached hydrogens (tertiary/aromatic N) is 3. The van der Waals surface area contributed by atoms with Gasteiger partial charge in [-0.1, -0.05) is 6.92 Å². The molecule has 0 bridgehead atoms. The van der Waals surface area contributed by atoms with Crippen molar-refractivity contribution in [3.63, 3.8) is 0 Å². The molecule has 26 heavy (non-hydrogen) atoms. The third-order valence-corrected chi connectivity index (χ3v) is 4.40. The first kappa shape index (κ1) is 20.2. The first-order chi connectivity index (χ1) is 12.3. The van der Waals surface area contributed by atoms with Gasteiger partial charge in [0.05, 0.1) is 6.10 Å². The summed E-state index contributed by atoms with van der Waals surface area (Å²) in [5.41, 5.74) is -0.209. The van der Waals surface area contributed by atoms with Crippen LogP contribution in [0.25, 0.3) is 0 Å². The fraction of sp³-hybridized carbons (Fsp3) is 0.625. The van der Waals surface area contributed by atoms with Gasteiger partial charge in [-0.2, -0.15) is 18.2 Å².